The number of carbonyl (C=O) groups is 1. The molecule has 0 radical (unpaired) electrons. The van der Waals surface area contributed by atoms with Crippen LogP contribution >= 0.6 is 0 Å². The lowest BCUT2D eigenvalue weighted by Gasteiger charge is -2.01. The number of fused-ring (bicyclic) bond motifs is 2. The van der Waals surface area contributed by atoms with Crippen molar-refractivity contribution in [3.8, 4) is 0 Å². The number of carbonyl (C=O) groups excluding carboxylic acids is 1. The van der Waals surface area contributed by atoms with Crippen molar-refractivity contribution in [2.45, 2.75) is 0 Å². The number of pyridine rings is 2. The van der Waals surface area contributed by atoms with Crippen LogP contribution in [-0.4, -0.2) is 24.6 Å². The Balaban J connectivity index is 1.92. The SMILES string of the molecule is O=C(c1cnc2ccccn12)c1cnc2ccccn12. The maximum Gasteiger partial charge on any atom is 0.229 e. The van der Waals surface area contributed by atoms with E-state index in [1.807, 2.05) is 48.8 Å². The number of imidazole rings is 2. The fourth-order valence-electron chi connectivity index (χ4n) is 2.33. The molecule has 4 aromatic heterocycles. The Morgan fingerprint density at radius 3 is 1.80 bits per heavy atom. The van der Waals surface area contributed by atoms with E-state index in [4.69, 9.17) is 0 Å². The van der Waals surface area contributed by atoms with Gasteiger partial charge in [0.25, 0.3) is 0 Å². The molecule has 20 heavy (non-hydrogen) atoms. The highest BCUT2D eigenvalue weighted by Crippen LogP contribution is 2.14. The molecule has 96 valence electrons. The summed E-state index contributed by atoms with van der Waals surface area (Å²) in [5, 5.41) is 0. The number of hydrogen-bond donors (Lipinski definition) is 0. The monoisotopic (exact) mass is 262 g/mol. The average molecular weight is 262 g/mol. The van der Waals surface area contributed by atoms with Crippen LogP contribution in [0.1, 0.15) is 16.2 Å². The number of hydrogen-bond acceptors (Lipinski definition) is 3. The molecule has 5 heteroatoms. The Morgan fingerprint density at radius 2 is 1.30 bits per heavy atom. The molecule has 0 aliphatic rings. The molecule has 0 amide bonds. The number of aromatic nitrogens is 4. The van der Waals surface area contributed by atoms with Crippen LogP contribution in [0.5, 0.6) is 0 Å². The van der Waals surface area contributed by atoms with Crippen molar-refractivity contribution in [2.24, 2.45) is 0 Å². The fourth-order valence-corrected chi connectivity index (χ4v) is 2.33. The normalized spacial score (nSPS) is 11.2. The smallest absolute Gasteiger partial charge is 0.229 e. The zero-order valence-corrected chi connectivity index (χ0v) is 10.5. The second-order valence-corrected chi connectivity index (χ2v) is 4.47. The Morgan fingerprint density at radius 1 is 0.800 bits per heavy atom. The summed E-state index contributed by atoms with van der Waals surface area (Å²) in [5.41, 5.74) is 2.58. The van der Waals surface area contributed by atoms with Crippen LogP contribution in [0.3, 0.4) is 0 Å². The molecular weight excluding hydrogens is 252 g/mol. The maximum atomic E-state index is 12.7. The lowest BCUT2D eigenvalue weighted by Crippen LogP contribution is -2.07. The van der Waals surface area contributed by atoms with E-state index in [9.17, 15) is 4.79 Å². The Kier molecular flexibility index (Phi) is 2.20. The third kappa shape index (κ3) is 1.46. The van der Waals surface area contributed by atoms with Crippen LogP contribution in [0.4, 0.5) is 0 Å². The standard InChI is InChI=1S/C15H10N4O/c20-15(11-9-16-13-5-1-3-7-18(11)13)12-10-17-14-6-2-4-8-19(12)14/h1-10H. The van der Waals surface area contributed by atoms with E-state index < -0.39 is 0 Å². The predicted octanol–water partition coefficient (Wildman–Crippen LogP) is 2.21. The van der Waals surface area contributed by atoms with Gasteiger partial charge in [-0.1, -0.05) is 12.1 Å². The van der Waals surface area contributed by atoms with Crippen LogP contribution in [-0.2, 0) is 0 Å². The molecule has 0 atom stereocenters. The van der Waals surface area contributed by atoms with Crippen LogP contribution in [0.25, 0.3) is 11.3 Å². The van der Waals surface area contributed by atoms with E-state index in [0.29, 0.717) is 11.4 Å². The number of rotatable bonds is 2. The van der Waals surface area contributed by atoms with Crippen LogP contribution in [0, 0.1) is 0 Å². The minimum Gasteiger partial charge on any atom is -0.297 e. The molecule has 5 nitrogen and oxygen atoms in total. The van der Waals surface area contributed by atoms with E-state index in [2.05, 4.69) is 9.97 Å². The first-order valence-electron chi connectivity index (χ1n) is 6.23. The quantitative estimate of drug-likeness (QED) is 0.520. The lowest BCUT2D eigenvalue weighted by atomic mass is 10.2. The van der Waals surface area contributed by atoms with Gasteiger partial charge in [-0.15, -0.1) is 0 Å². The highest BCUT2D eigenvalue weighted by molar-refractivity contribution is 6.07. The van der Waals surface area contributed by atoms with E-state index in [0.717, 1.165) is 11.3 Å². The molecule has 4 rings (SSSR count). The van der Waals surface area contributed by atoms with Gasteiger partial charge in [0.15, 0.2) is 0 Å². The Bertz CT molecular complexity index is 859. The summed E-state index contributed by atoms with van der Waals surface area (Å²) in [7, 11) is 0. The van der Waals surface area contributed by atoms with Gasteiger partial charge in [-0.05, 0) is 24.3 Å². The largest absolute Gasteiger partial charge is 0.297 e. The van der Waals surface area contributed by atoms with E-state index >= 15 is 0 Å². The van der Waals surface area contributed by atoms with Gasteiger partial charge in [0, 0.05) is 12.4 Å². The minimum atomic E-state index is -0.0950. The Hall–Kier alpha value is -2.95. The van der Waals surface area contributed by atoms with Crippen molar-refractivity contribution in [2.75, 3.05) is 0 Å². The summed E-state index contributed by atoms with van der Waals surface area (Å²) >= 11 is 0. The summed E-state index contributed by atoms with van der Waals surface area (Å²) < 4.78 is 3.56. The molecule has 4 heterocycles. The Labute approximate surface area is 114 Å². The van der Waals surface area contributed by atoms with Crippen molar-refractivity contribution >= 4 is 17.1 Å². The van der Waals surface area contributed by atoms with Gasteiger partial charge in [0.1, 0.15) is 22.7 Å². The molecule has 4 aromatic rings. The summed E-state index contributed by atoms with van der Waals surface area (Å²) in [6, 6.07) is 11.3. The van der Waals surface area contributed by atoms with Gasteiger partial charge in [0.05, 0.1) is 12.4 Å². The zero-order chi connectivity index (χ0) is 13.5. The number of ketones is 1. The third-order valence-electron chi connectivity index (χ3n) is 3.30. The van der Waals surface area contributed by atoms with Crippen molar-refractivity contribution in [1.29, 1.82) is 0 Å². The number of nitrogens with zero attached hydrogens (tertiary/aromatic N) is 4. The second kappa shape index (κ2) is 4.03. The summed E-state index contributed by atoms with van der Waals surface area (Å²) in [5.74, 6) is -0.0950. The molecule has 0 N–H and O–H groups in total. The highest BCUT2D eigenvalue weighted by atomic mass is 16.1. The summed E-state index contributed by atoms with van der Waals surface area (Å²) in [4.78, 5) is 21.2. The van der Waals surface area contributed by atoms with Crippen molar-refractivity contribution in [3.05, 3.63) is 72.6 Å². The molecule has 0 spiro atoms. The first kappa shape index (κ1) is 10.9. The fraction of sp³-hybridized carbons (Fsp3) is 0. The van der Waals surface area contributed by atoms with E-state index in [-0.39, 0.29) is 5.78 Å². The molecule has 0 bridgehead atoms. The molecule has 0 fully saturated rings. The molecular formula is C15H10N4O. The van der Waals surface area contributed by atoms with Crippen molar-refractivity contribution in [1.82, 2.24) is 18.8 Å². The van der Waals surface area contributed by atoms with Crippen LogP contribution in [0.2, 0.25) is 0 Å². The molecule has 0 aliphatic carbocycles. The third-order valence-corrected chi connectivity index (χ3v) is 3.30. The van der Waals surface area contributed by atoms with Gasteiger partial charge in [0.2, 0.25) is 5.78 Å². The van der Waals surface area contributed by atoms with Crippen molar-refractivity contribution in [3.63, 3.8) is 0 Å². The van der Waals surface area contributed by atoms with E-state index in [1.54, 1.807) is 21.2 Å². The highest BCUT2D eigenvalue weighted by Gasteiger charge is 2.17. The van der Waals surface area contributed by atoms with Gasteiger partial charge in [-0.25, -0.2) is 9.97 Å². The van der Waals surface area contributed by atoms with Crippen LogP contribution in [0.15, 0.2) is 61.2 Å². The van der Waals surface area contributed by atoms with Crippen LogP contribution < -0.4 is 0 Å². The summed E-state index contributed by atoms with van der Waals surface area (Å²) in [6.07, 6.45) is 6.86. The maximum absolute atomic E-state index is 12.7. The lowest BCUT2D eigenvalue weighted by molar-refractivity contribution is 0.102. The van der Waals surface area contributed by atoms with Gasteiger partial charge in [-0.2, -0.15) is 0 Å². The second-order valence-electron chi connectivity index (χ2n) is 4.47. The topological polar surface area (TPSA) is 51.7 Å². The first-order valence-corrected chi connectivity index (χ1v) is 6.23. The average Bonchev–Trinajstić information content (AvgIpc) is 3.11. The van der Waals surface area contributed by atoms with E-state index in [1.165, 1.54) is 0 Å². The molecule has 0 unspecified atom stereocenters. The minimum absolute atomic E-state index is 0.0950. The van der Waals surface area contributed by atoms with Gasteiger partial charge < -0.3 is 0 Å². The summed E-state index contributed by atoms with van der Waals surface area (Å²) in [6.45, 7) is 0. The predicted molar refractivity (Wildman–Crippen MR) is 73.8 cm³/mol. The van der Waals surface area contributed by atoms with Crippen molar-refractivity contribution < 1.29 is 4.79 Å². The molecule has 0 saturated carbocycles. The van der Waals surface area contributed by atoms with Gasteiger partial charge >= 0.3 is 0 Å². The zero-order valence-electron chi connectivity index (χ0n) is 10.5. The van der Waals surface area contributed by atoms with Gasteiger partial charge in [-0.3, -0.25) is 13.6 Å². The first-order chi connectivity index (χ1) is 9.84. The molecule has 0 aromatic carbocycles. The molecule has 0 aliphatic heterocycles. The molecule has 0 saturated heterocycles.